The summed E-state index contributed by atoms with van der Waals surface area (Å²) in [6.07, 6.45) is 1.29. The highest BCUT2D eigenvalue weighted by molar-refractivity contribution is 7.99. The van der Waals surface area contributed by atoms with Crippen molar-refractivity contribution >= 4 is 11.8 Å². The molecule has 0 bridgehead atoms. The molecule has 0 aliphatic carbocycles. The van der Waals surface area contributed by atoms with Crippen LogP contribution in [0, 0.1) is 5.41 Å². The number of thioether (sulfide) groups is 1. The molecular weight excluding hydrogens is 178 g/mol. The van der Waals surface area contributed by atoms with Crippen LogP contribution >= 0.6 is 11.8 Å². The van der Waals surface area contributed by atoms with Gasteiger partial charge in [-0.1, -0.05) is 34.6 Å². The Bertz CT molecular complexity index is 118. The van der Waals surface area contributed by atoms with Crippen LogP contribution in [0.1, 0.15) is 41.0 Å². The van der Waals surface area contributed by atoms with Crippen molar-refractivity contribution in [3.8, 4) is 0 Å². The maximum atomic E-state index is 3.56. The molecule has 0 aromatic heterocycles. The maximum Gasteiger partial charge on any atom is 0.0206 e. The normalized spacial score (nSPS) is 14.5. The molecule has 0 aromatic rings. The van der Waals surface area contributed by atoms with Gasteiger partial charge in [0, 0.05) is 11.8 Å². The van der Waals surface area contributed by atoms with Crippen LogP contribution < -0.4 is 5.32 Å². The number of hydrogen-bond acceptors (Lipinski definition) is 2. The molecule has 1 nitrogen and oxygen atoms in total. The molecule has 0 radical (unpaired) electrons. The fraction of sp³-hybridized carbons (Fsp3) is 1.00. The van der Waals surface area contributed by atoms with E-state index in [4.69, 9.17) is 0 Å². The molecule has 0 aromatic carbocycles. The van der Waals surface area contributed by atoms with E-state index >= 15 is 0 Å². The van der Waals surface area contributed by atoms with Crippen molar-refractivity contribution in [3.63, 3.8) is 0 Å². The molecule has 0 rings (SSSR count). The molecule has 1 N–H and O–H groups in total. The molecule has 0 amide bonds. The fourth-order valence-electron chi connectivity index (χ4n) is 1.21. The number of hydrogen-bond donors (Lipinski definition) is 1. The first kappa shape index (κ1) is 13.3. The van der Waals surface area contributed by atoms with Crippen molar-refractivity contribution in [1.82, 2.24) is 5.32 Å². The average molecular weight is 203 g/mol. The van der Waals surface area contributed by atoms with Gasteiger partial charge in [0.15, 0.2) is 0 Å². The first-order chi connectivity index (χ1) is 6.02. The molecule has 13 heavy (non-hydrogen) atoms. The van der Waals surface area contributed by atoms with Crippen LogP contribution in [-0.2, 0) is 0 Å². The van der Waals surface area contributed by atoms with Gasteiger partial charge in [0.25, 0.3) is 0 Å². The first-order valence-electron chi connectivity index (χ1n) is 5.33. The van der Waals surface area contributed by atoms with Crippen molar-refractivity contribution in [2.75, 3.05) is 18.1 Å². The van der Waals surface area contributed by atoms with Crippen molar-refractivity contribution in [2.24, 2.45) is 5.41 Å². The average Bonchev–Trinajstić information content (AvgIpc) is 2.01. The second kappa shape index (κ2) is 6.72. The molecule has 1 atom stereocenters. The lowest BCUT2D eigenvalue weighted by atomic mass is 9.88. The van der Waals surface area contributed by atoms with Crippen molar-refractivity contribution in [2.45, 2.75) is 47.1 Å². The quantitative estimate of drug-likeness (QED) is 0.666. The highest BCUT2D eigenvalue weighted by atomic mass is 32.2. The molecular formula is C11H25NS. The lowest BCUT2D eigenvalue weighted by molar-refractivity contribution is 0.295. The standard InChI is InChI=1S/C11H25NS/c1-6-8-13-9-10(12-7-2)11(3,4)5/h10,12H,6-9H2,1-5H3. The van der Waals surface area contributed by atoms with Gasteiger partial charge in [-0.2, -0.15) is 11.8 Å². The zero-order valence-electron chi connectivity index (χ0n) is 9.81. The smallest absolute Gasteiger partial charge is 0.0206 e. The Morgan fingerprint density at radius 2 is 1.85 bits per heavy atom. The van der Waals surface area contributed by atoms with E-state index in [9.17, 15) is 0 Å². The van der Waals surface area contributed by atoms with Crippen molar-refractivity contribution < 1.29 is 0 Å². The molecule has 2 heteroatoms. The van der Waals surface area contributed by atoms with Gasteiger partial charge in [0.2, 0.25) is 0 Å². The molecule has 0 spiro atoms. The summed E-state index contributed by atoms with van der Waals surface area (Å²) >= 11 is 2.07. The van der Waals surface area contributed by atoms with E-state index in [1.165, 1.54) is 17.9 Å². The summed E-state index contributed by atoms with van der Waals surface area (Å²) in [5, 5.41) is 3.56. The highest BCUT2D eigenvalue weighted by Crippen LogP contribution is 2.22. The molecule has 0 saturated heterocycles. The topological polar surface area (TPSA) is 12.0 Å². The van der Waals surface area contributed by atoms with E-state index in [1.807, 2.05) is 0 Å². The second-order valence-electron chi connectivity index (χ2n) is 4.55. The zero-order chi connectivity index (χ0) is 10.3. The minimum absolute atomic E-state index is 0.386. The van der Waals surface area contributed by atoms with Gasteiger partial charge in [-0.05, 0) is 24.1 Å². The van der Waals surface area contributed by atoms with Crippen LogP contribution in [0.25, 0.3) is 0 Å². The van der Waals surface area contributed by atoms with Gasteiger partial charge in [0.1, 0.15) is 0 Å². The summed E-state index contributed by atoms with van der Waals surface area (Å²) in [7, 11) is 0. The highest BCUT2D eigenvalue weighted by Gasteiger charge is 2.22. The van der Waals surface area contributed by atoms with Gasteiger partial charge in [-0.25, -0.2) is 0 Å². The minimum atomic E-state index is 0.386. The van der Waals surface area contributed by atoms with Gasteiger partial charge in [0.05, 0.1) is 0 Å². The van der Waals surface area contributed by atoms with Crippen molar-refractivity contribution in [3.05, 3.63) is 0 Å². The Kier molecular flexibility index (Phi) is 6.88. The minimum Gasteiger partial charge on any atom is -0.313 e. The van der Waals surface area contributed by atoms with Crippen molar-refractivity contribution in [1.29, 1.82) is 0 Å². The lowest BCUT2D eigenvalue weighted by Crippen LogP contribution is -2.42. The zero-order valence-corrected chi connectivity index (χ0v) is 10.6. The van der Waals surface area contributed by atoms with Crippen LogP contribution in [-0.4, -0.2) is 24.1 Å². The second-order valence-corrected chi connectivity index (χ2v) is 5.70. The van der Waals surface area contributed by atoms with Crippen LogP contribution in [0.2, 0.25) is 0 Å². The summed E-state index contributed by atoms with van der Waals surface area (Å²) in [5.41, 5.74) is 0.386. The first-order valence-corrected chi connectivity index (χ1v) is 6.49. The summed E-state index contributed by atoms with van der Waals surface area (Å²) in [5.74, 6) is 2.53. The SMILES string of the molecule is CCCSCC(NCC)C(C)(C)C. The van der Waals surface area contributed by atoms with Crippen LogP contribution in [0.15, 0.2) is 0 Å². The van der Waals surface area contributed by atoms with Crippen LogP contribution in [0.5, 0.6) is 0 Å². The Labute approximate surface area is 88.1 Å². The fourth-order valence-corrected chi connectivity index (χ4v) is 2.52. The van der Waals surface area contributed by atoms with Gasteiger partial charge >= 0.3 is 0 Å². The third-order valence-corrected chi connectivity index (χ3v) is 3.39. The summed E-state index contributed by atoms with van der Waals surface area (Å²) in [6, 6.07) is 0.647. The summed E-state index contributed by atoms with van der Waals surface area (Å²) in [4.78, 5) is 0. The molecule has 0 fully saturated rings. The van der Waals surface area contributed by atoms with E-state index in [-0.39, 0.29) is 0 Å². The summed E-state index contributed by atoms with van der Waals surface area (Å²) in [6.45, 7) is 12.4. The molecule has 80 valence electrons. The third-order valence-electron chi connectivity index (χ3n) is 2.13. The predicted molar refractivity (Wildman–Crippen MR) is 64.5 cm³/mol. The maximum absolute atomic E-state index is 3.56. The van der Waals surface area contributed by atoms with E-state index in [0.29, 0.717) is 11.5 Å². The number of rotatable bonds is 6. The Morgan fingerprint density at radius 1 is 1.23 bits per heavy atom. The van der Waals surface area contributed by atoms with Crippen LogP contribution in [0.4, 0.5) is 0 Å². The molecule has 0 heterocycles. The Hall–Kier alpha value is 0.310. The van der Waals surface area contributed by atoms with E-state index < -0.39 is 0 Å². The van der Waals surface area contributed by atoms with Gasteiger partial charge in [-0.15, -0.1) is 0 Å². The van der Waals surface area contributed by atoms with Crippen LogP contribution in [0.3, 0.4) is 0 Å². The third kappa shape index (κ3) is 6.39. The monoisotopic (exact) mass is 203 g/mol. The van der Waals surface area contributed by atoms with E-state index in [0.717, 1.165) is 6.54 Å². The Morgan fingerprint density at radius 3 is 2.23 bits per heavy atom. The number of nitrogens with one attached hydrogen (secondary N) is 1. The van der Waals surface area contributed by atoms with Gasteiger partial charge < -0.3 is 5.32 Å². The van der Waals surface area contributed by atoms with E-state index in [1.54, 1.807) is 0 Å². The predicted octanol–water partition coefficient (Wildman–Crippen LogP) is 3.15. The molecule has 0 aliphatic rings. The molecule has 0 aliphatic heterocycles. The largest absolute Gasteiger partial charge is 0.313 e. The summed E-state index contributed by atoms with van der Waals surface area (Å²) < 4.78 is 0. The molecule has 0 saturated carbocycles. The van der Waals surface area contributed by atoms with Gasteiger partial charge in [-0.3, -0.25) is 0 Å². The molecule has 1 unspecified atom stereocenters. The van der Waals surface area contributed by atoms with E-state index in [2.05, 4.69) is 51.7 Å². The lowest BCUT2D eigenvalue weighted by Gasteiger charge is -2.31. The Balaban J connectivity index is 3.81.